The highest BCUT2D eigenvalue weighted by atomic mass is 31.2. The molecule has 0 aromatic heterocycles. The standard InChI is InChI=1S/C8H18NO4P/c1-4-5-6-8(9-10)7-14(11,12-2)13-3/h10H,4-7H2,1-3H3. The van der Waals surface area contributed by atoms with Crippen LogP contribution >= 0.6 is 7.60 Å². The van der Waals surface area contributed by atoms with Crippen LogP contribution in [-0.2, 0) is 13.6 Å². The van der Waals surface area contributed by atoms with Gasteiger partial charge in [0.25, 0.3) is 0 Å². The van der Waals surface area contributed by atoms with Gasteiger partial charge >= 0.3 is 7.60 Å². The number of hydrogen-bond donors (Lipinski definition) is 1. The predicted octanol–water partition coefficient (Wildman–Crippen LogP) is 2.49. The van der Waals surface area contributed by atoms with Crippen LogP contribution in [0.1, 0.15) is 26.2 Å². The SMILES string of the molecule is CCCCC(CP(=O)(OC)OC)=NO. The molecule has 84 valence electrons. The van der Waals surface area contributed by atoms with Gasteiger partial charge < -0.3 is 14.3 Å². The number of nitrogens with zero attached hydrogens (tertiary/aromatic N) is 1. The van der Waals surface area contributed by atoms with E-state index in [1.807, 2.05) is 6.92 Å². The second-order valence-corrected chi connectivity index (χ2v) is 5.17. The topological polar surface area (TPSA) is 68.1 Å². The highest BCUT2D eigenvalue weighted by Gasteiger charge is 2.23. The fourth-order valence-electron chi connectivity index (χ4n) is 0.969. The summed E-state index contributed by atoms with van der Waals surface area (Å²) in [6.45, 7) is 2.03. The predicted molar refractivity (Wildman–Crippen MR) is 55.2 cm³/mol. The van der Waals surface area contributed by atoms with Crippen LogP contribution in [0, 0.1) is 0 Å². The molecule has 0 aliphatic rings. The molecule has 0 saturated heterocycles. The minimum absolute atomic E-state index is 0.0521. The summed E-state index contributed by atoms with van der Waals surface area (Å²) in [7, 11) is -0.448. The number of oxime groups is 1. The van der Waals surface area contributed by atoms with E-state index in [1.54, 1.807) is 0 Å². The molecule has 0 spiro atoms. The molecule has 0 saturated carbocycles. The van der Waals surface area contributed by atoms with Crippen molar-refractivity contribution in [2.24, 2.45) is 5.16 Å². The normalized spacial score (nSPS) is 13.2. The van der Waals surface area contributed by atoms with Crippen molar-refractivity contribution in [3.8, 4) is 0 Å². The van der Waals surface area contributed by atoms with Crippen molar-refractivity contribution in [1.82, 2.24) is 0 Å². The Balaban J connectivity index is 4.24. The van der Waals surface area contributed by atoms with Gasteiger partial charge in [0.05, 0.1) is 11.9 Å². The first-order chi connectivity index (χ1) is 6.61. The van der Waals surface area contributed by atoms with Gasteiger partial charge in [-0.25, -0.2) is 0 Å². The molecule has 0 aliphatic carbocycles. The summed E-state index contributed by atoms with van der Waals surface area (Å²) in [6.07, 6.45) is 2.55. The summed E-state index contributed by atoms with van der Waals surface area (Å²) in [5.74, 6) is 0. The Morgan fingerprint density at radius 1 is 1.43 bits per heavy atom. The molecule has 0 bridgehead atoms. The third kappa shape index (κ3) is 4.74. The van der Waals surface area contributed by atoms with Crippen LogP contribution < -0.4 is 0 Å². The molecule has 0 amide bonds. The lowest BCUT2D eigenvalue weighted by molar-refractivity contribution is 0.278. The molecule has 14 heavy (non-hydrogen) atoms. The van der Waals surface area contributed by atoms with Crippen LogP contribution in [0.4, 0.5) is 0 Å². The van der Waals surface area contributed by atoms with Crippen LogP contribution in [0.5, 0.6) is 0 Å². The Labute approximate surface area is 84.6 Å². The average Bonchev–Trinajstić information content (AvgIpc) is 2.23. The number of hydrogen-bond acceptors (Lipinski definition) is 5. The molecule has 0 aromatic rings. The van der Waals surface area contributed by atoms with Crippen LogP contribution in [0.3, 0.4) is 0 Å². The van der Waals surface area contributed by atoms with Crippen LogP contribution in [0.15, 0.2) is 5.16 Å². The van der Waals surface area contributed by atoms with E-state index < -0.39 is 7.60 Å². The molecule has 0 atom stereocenters. The Bertz CT molecular complexity index is 221. The molecular formula is C8H18NO4P. The highest BCUT2D eigenvalue weighted by molar-refractivity contribution is 7.54. The molecule has 0 unspecified atom stereocenters. The number of rotatable bonds is 7. The molecule has 0 rings (SSSR count). The van der Waals surface area contributed by atoms with Gasteiger partial charge in [0, 0.05) is 14.2 Å². The fraction of sp³-hybridized carbons (Fsp3) is 0.875. The number of unbranched alkanes of at least 4 members (excludes halogenated alkanes) is 1. The zero-order valence-electron chi connectivity index (χ0n) is 8.89. The smallest absolute Gasteiger partial charge is 0.335 e. The highest BCUT2D eigenvalue weighted by Crippen LogP contribution is 2.46. The van der Waals surface area contributed by atoms with Gasteiger partial charge in [0.1, 0.15) is 0 Å². The van der Waals surface area contributed by atoms with Crippen molar-refractivity contribution in [3.05, 3.63) is 0 Å². The quantitative estimate of drug-likeness (QED) is 0.311. The Hall–Kier alpha value is -0.380. The van der Waals surface area contributed by atoms with Crippen molar-refractivity contribution in [2.75, 3.05) is 20.4 Å². The summed E-state index contributed by atoms with van der Waals surface area (Å²) in [5.41, 5.74) is 0.457. The van der Waals surface area contributed by atoms with E-state index in [9.17, 15) is 4.57 Å². The molecule has 6 heteroatoms. The van der Waals surface area contributed by atoms with Crippen LogP contribution in [0.25, 0.3) is 0 Å². The third-order valence-electron chi connectivity index (χ3n) is 1.89. The molecule has 0 heterocycles. The maximum absolute atomic E-state index is 11.6. The van der Waals surface area contributed by atoms with Gasteiger partial charge in [-0.1, -0.05) is 18.5 Å². The van der Waals surface area contributed by atoms with Crippen LogP contribution in [0.2, 0.25) is 0 Å². The van der Waals surface area contributed by atoms with Gasteiger partial charge in [0.15, 0.2) is 0 Å². The van der Waals surface area contributed by atoms with Gasteiger partial charge in [-0.15, -0.1) is 0 Å². The monoisotopic (exact) mass is 223 g/mol. The van der Waals surface area contributed by atoms with Gasteiger partial charge in [-0.05, 0) is 12.8 Å². The van der Waals surface area contributed by atoms with Crippen LogP contribution in [-0.4, -0.2) is 31.3 Å². The second-order valence-electron chi connectivity index (χ2n) is 2.90. The summed E-state index contributed by atoms with van der Waals surface area (Å²) < 4.78 is 21.1. The maximum Gasteiger partial charge on any atom is 0.335 e. The van der Waals surface area contributed by atoms with E-state index in [1.165, 1.54) is 14.2 Å². The zero-order chi connectivity index (χ0) is 11.0. The molecular weight excluding hydrogens is 205 g/mol. The largest absolute Gasteiger partial charge is 0.411 e. The lowest BCUT2D eigenvalue weighted by Crippen LogP contribution is -2.08. The summed E-state index contributed by atoms with van der Waals surface area (Å²) in [5, 5.41) is 11.8. The van der Waals surface area contributed by atoms with Crippen molar-refractivity contribution in [3.63, 3.8) is 0 Å². The van der Waals surface area contributed by atoms with E-state index in [2.05, 4.69) is 5.16 Å². The van der Waals surface area contributed by atoms with E-state index in [0.717, 1.165) is 12.8 Å². The molecule has 5 nitrogen and oxygen atoms in total. The van der Waals surface area contributed by atoms with Crippen molar-refractivity contribution < 1.29 is 18.8 Å². The average molecular weight is 223 g/mol. The maximum atomic E-state index is 11.6. The third-order valence-corrected chi connectivity index (χ3v) is 3.76. The molecule has 0 aliphatic heterocycles. The first kappa shape index (κ1) is 13.6. The van der Waals surface area contributed by atoms with Gasteiger partial charge in [-0.2, -0.15) is 0 Å². The minimum Gasteiger partial charge on any atom is -0.411 e. The summed E-state index contributed by atoms with van der Waals surface area (Å²) in [4.78, 5) is 0. The Morgan fingerprint density at radius 3 is 2.36 bits per heavy atom. The first-order valence-corrected chi connectivity index (χ1v) is 6.25. The Kier molecular flexibility index (Phi) is 6.79. The van der Waals surface area contributed by atoms with Gasteiger partial charge in [-0.3, -0.25) is 4.57 Å². The molecule has 0 aromatic carbocycles. The minimum atomic E-state index is -3.08. The summed E-state index contributed by atoms with van der Waals surface area (Å²) in [6, 6.07) is 0. The summed E-state index contributed by atoms with van der Waals surface area (Å²) >= 11 is 0. The Morgan fingerprint density at radius 2 is 2.00 bits per heavy atom. The molecule has 1 N–H and O–H groups in total. The second kappa shape index (κ2) is 6.98. The van der Waals surface area contributed by atoms with Crippen molar-refractivity contribution >= 4 is 13.3 Å². The first-order valence-electron chi connectivity index (χ1n) is 4.52. The lowest BCUT2D eigenvalue weighted by Gasteiger charge is -2.13. The van der Waals surface area contributed by atoms with Crippen molar-refractivity contribution in [1.29, 1.82) is 0 Å². The van der Waals surface area contributed by atoms with Crippen molar-refractivity contribution in [2.45, 2.75) is 26.2 Å². The molecule has 0 fully saturated rings. The van der Waals surface area contributed by atoms with E-state index in [4.69, 9.17) is 14.3 Å². The van der Waals surface area contributed by atoms with E-state index in [-0.39, 0.29) is 6.16 Å². The lowest BCUT2D eigenvalue weighted by atomic mass is 10.2. The fourth-order valence-corrected chi connectivity index (χ4v) is 2.04. The van der Waals surface area contributed by atoms with Gasteiger partial charge in [0.2, 0.25) is 0 Å². The zero-order valence-corrected chi connectivity index (χ0v) is 9.79. The van der Waals surface area contributed by atoms with E-state index in [0.29, 0.717) is 12.1 Å². The molecule has 0 radical (unpaired) electrons. The van der Waals surface area contributed by atoms with E-state index >= 15 is 0 Å².